The standard InChI is InChI=1S/C13H10F2N2O/c1-9(18)17(12-7-2-3-8-16-12)13-10(14)5-4-6-11(13)15/h2-8H,1H3. The van der Waals surface area contributed by atoms with Crippen molar-refractivity contribution in [2.24, 2.45) is 0 Å². The van der Waals surface area contributed by atoms with E-state index in [2.05, 4.69) is 4.98 Å². The maximum absolute atomic E-state index is 13.7. The molecule has 1 amide bonds. The number of carbonyl (C=O) groups excluding carboxylic acids is 1. The van der Waals surface area contributed by atoms with Crippen LogP contribution in [0.2, 0.25) is 0 Å². The van der Waals surface area contributed by atoms with Crippen molar-refractivity contribution in [3.8, 4) is 0 Å². The molecule has 0 bridgehead atoms. The Kier molecular flexibility index (Phi) is 3.32. The van der Waals surface area contributed by atoms with Crippen LogP contribution >= 0.6 is 0 Å². The number of benzene rings is 1. The Morgan fingerprint density at radius 2 is 1.78 bits per heavy atom. The van der Waals surface area contributed by atoms with E-state index in [4.69, 9.17) is 0 Å². The summed E-state index contributed by atoms with van der Waals surface area (Å²) in [5.74, 6) is -1.96. The lowest BCUT2D eigenvalue weighted by Gasteiger charge is -2.20. The summed E-state index contributed by atoms with van der Waals surface area (Å²) in [6.45, 7) is 1.22. The zero-order valence-corrected chi connectivity index (χ0v) is 9.60. The van der Waals surface area contributed by atoms with Crippen LogP contribution in [0.3, 0.4) is 0 Å². The minimum atomic E-state index is -0.809. The molecule has 0 aliphatic carbocycles. The third-order valence-electron chi connectivity index (χ3n) is 2.35. The van der Waals surface area contributed by atoms with Gasteiger partial charge in [0, 0.05) is 13.1 Å². The van der Waals surface area contributed by atoms with E-state index in [9.17, 15) is 13.6 Å². The average Bonchev–Trinajstić information content (AvgIpc) is 2.34. The fourth-order valence-corrected chi connectivity index (χ4v) is 1.62. The van der Waals surface area contributed by atoms with Gasteiger partial charge in [-0.25, -0.2) is 13.8 Å². The molecule has 0 saturated heterocycles. The van der Waals surface area contributed by atoms with Gasteiger partial charge in [0.15, 0.2) is 0 Å². The van der Waals surface area contributed by atoms with Gasteiger partial charge in [-0.15, -0.1) is 0 Å². The predicted octanol–water partition coefficient (Wildman–Crippen LogP) is 3.04. The van der Waals surface area contributed by atoms with Gasteiger partial charge in [-0.2, -0.15) is 0 Å². The van der Waals surface area contributed by atoms with Crippen LogP contribution in [0, 0.1) is 11.6 Å². The lowest BCUT2D eigenvalue weighted by atomic mass is 10.2. The second-order valence-electron chi connectivity index (χ2n) is 3.61. The Morgan fingerprint density at radius 3 is 2.28 bits per heavy atom. The second-order valence-corrected chi connectivity index (χ2v) is 3.61. The first-order valence-electron chi connectivity index (χ1n) is 5.27. The highest BCUT2D eigenvalue weighted by Gasteiger charge is 2.22. The normalized spacial score (nSPS) is 10.2. The smallest absolute Gasteiger partial charge is 0.229 e. The topological polar surface area (TPSA) is 33.2 Å². The number of carbonyl (C=O) groups is 1. The first kappa shape index (κ1) is 12.2. The third-order valence-corrected chi connectivity index (χ3v) is 2.35. The summed E-state index contributed by atoms with van der Waals surface area (Å²) in [4.78, 5) is 16.4. The van der Waals surface area contributed by atoms with Crippen LogP contribution < -0.4 is 4.90 Å². The van der Waals surface area contributed by atoms with E-state index >= 15 is 0 Å². The maximum Gasteiger partial charge on any atom is 0.229 e. The van der Waals surface area contributed by atoms with E-state index in [1.807, 2.05) is 0 Å². The lowest BCUT2D eigenvalue weighted by Crippen LogP contribution is -2.25. The summed E-state index contributed by atoms with van der Waals surface area (Å²) in [5.41, 5.74) is -0.413. The number of pyridine rings is 1. The Bertz CT molecular complexity index is 552. The molecular formula is C13H10F2N2O. The molecule has 1 heterocycles. The molecule has 2 rings (SSSR count). The van der Waals surface area contributed by atoms with Gasteiger partial charge in [0.1, 0.15) is 23.1 Å². The number of amides is 1. The molecule has 0 aliphatic heterocycles. The van der Waals surface area contributed by atoms with E-state index in [-0.39, 0.29) is 5.82 Å². The molecule has 0 saturated carbocycles. The van der Waals surface area contributed by atoms with Crippen LogP contribution in [0.25, 0.3) is 0 Å². The molecule has 5 heteroatoms. The molecule has 92 valence electrons. The minimum absolute atomic E-state index is 0.175. The quantitative estimate of drug-likeness (QED) is 0.818. The van der Waals surface area contributed by atoms with Crippen molar-refractivity contribution in [1.82, 2.24) is 4.98 Å². The molecule has 0 N–H and O–H groups in total. The molecule has 0 atom stereocenters. The monoisotopic (exact) mass is 248 g/mol. The zero-order chi connectivity index (χ0) is 13.1. The molecule has 0 spiro atoms. The SMILES string of the molecule is CC(=O)N(c1ccccn1)c1c(F)cccc1F. The summed E-state index contributed by atoms with van der Waals surface area (Å²) >= 11 is 0. The molecule has 0 aliphatic rings. The first-order chi connectivity index (χ1) is 8.61. The van der Waals surface area contributed by atoms with Crippen LogP contribution in [0.15, 0.2) is 42.6 Å². The van der Waals surface area contributed by atoms with Gasteiger partial charge in [0.05, 0.1) is 0 Å². The van der Waals surface area contributed by atoms with E-state index in [0.29, 0.717) is 0 Å². The van der Waals surface area contributed by atoms with E-state index in [0.717, 1.165) is 17.0 Å². The van der Waals surface area contributed by atoms with E-state index < -0.39 is 23.2 Å². The zero-order valence-electron chi connectivity index (χ0n) is 9.60. The predicted molar refractivity (Wildman–Crippen MR) is 63.4 cm³/mol. The number of para-hydroxylation sites is 1. The number of aromatic nitrogens is 1. The molecule has 1 aromatic heterocycles. The van der Waals surface area contributed by atoms with Gasteiger partial charge in [0.2, 0.25) is 5.91 Å². The molecule has 1 aromatic carbocycles. The molecule has 2 aromatic rings. The van der Waals surface area contributed by atoms with Gasteiger partial charge in [-0.05, 0) is 24.3 Å². The summed E-state index contributed by atoms with van der Waals surface area (Å²) in [6.07, 6.45) is 1.45. The summed E-state index contributed by atoms with van der Waals surface area (Å²) in [6, 6.07) is 8.23. The largest absolute Gasteiger partial charge is 0.274 e. The molecule has 18 heavy (non-hydrogen) atoms. The number of halogens is 2. The second kappa shape index (κ2) is 4.91. The fraction of sp³-hybridized carbons (Fsp3) is 0.0769. The van der Waals surface area contributed by atoms with Crippen molar-refractivity contribution in [2.75, 3.05) is 4.90 Å². The summed E-state index contributed by atoms with van der Waals surface area (Å²) < 4.78 is 27.4. The number of rotatable bonds is 2. The fourth-order valence-electron chi connectivity index (χ4n) is 1.62. The van der Waals surface area contributed by atoms with Gasteiger partial charge >= 0.3 is 0 Å². The van der Waals surface area contributed by atoms with Crippen molar-refractivity contribution in [3.63, 3.8) is 0 Å². The Morgan fingerprint density at radius 1 is 1.11 bits per heavy atom. The van der Waals surface area contributed by atoms with Gasteiger partial charge in [-0.3, -0.25) is 9.69 Å². The lowest BCUT2D eigenvalue weighted by molar-refractivity contribution is -0.115. The molecule has 3 nitrogen and oxygen atoms in total. The van der Waals surface area contributed by atoms with Crippen LogP contribution in [-0.4, -0.2) is 10.9 Å². The van der Waals surface area contributed by atoms with Crippen molar-refractivity contribution >= 4 is 17.4 Å². The van der Waals surface area contributed by atoms with Crippen LogP contribution in [0.4, 0.5) is 20.3 Å². The van der Waals surface area contributed by atoms with Gasteiger partial charge in [0.25, 0.3) is 0 Å². The maximum atomic E-state index is 13.7. The Balaban J connectivity index is 2.60. The number of anilines is 2. The molecular weight excluding hydrogens is 238 g/mol. The van der Waals surface area contributed by atoms with Crippen molar-refractivity contribution in [1.29, 1.82) is 0 Å². The molecule has 0 unspecified atom stereocenters. The molecule has 0 fully saturated rings. The van der Waals surface area contributed by atoms with Crippen LogP contribution in [0.5, 0.6) is 0 Å². The van der Waals surface area contributed by atoms with Gasteiger partial charge in [-0.1, -0.05) is 12.1 Å². The van der Waals surface area contributed by atoms with Crippen LogP contribution in [0.1, 0.15) is 6.92 Å². The highest BCUT2D eigenvalue weighted by molar-refractivity contribution is 5.98. The van der Waals surface area contributed by atoms with Crippen molar-refractivity contribution < 1.29 is 13.6 Å². The first-order valence-corrected chi connectivity index (χ1v) is 5.27. The summed E-state index contributed by atoms with van der Waals surface area (Å²) in [5, 5.41) is 0. The number of hydrogen-bond acceptors (Lipinski definition) is 2. The minimum Gasteiger partial charge on any atom is -0.274 e. The number of nitrogens with zero attached hydrogens (tertiary/aromatic N) is 2. The Labute approximate surface area is 103 Å². The van der Waals surface area contributed by atoms with E-state index in [1.165, 1.54) is 25.3 Å². The van der Waals surface area contributed by atoms with Crippen LogP contribution in [-0.2, 0) is 4.79 Å². The molecule has 0 radical (unpaired) electrons. The summed E-state index contributed by atoms with van der Waals surface area (Å²) in [7, 11) is 0. The highest BCUT2D eigenvalue weighted by Crippen LogP contribution is 2.29. The van der Waals surface area contributed by atoms with Gasteiger partial charge < -0.3 is 0 Å². The van der Waals surface area contributed by atoms with E-state index in [1.54, 1.807) is 12.1 Å². The number of hydrogen-bond donors (Lipinski definition) is 0. The average molecular weight is 248 g/mol. The third kappa shape index (κ3) is 2.20. The van der Waals surface area contributed by atoms with Crippen molar-refractivity contribution in [3.05, 3.63) is 54.2 Å². The van der Waals surface area contributed by atoms with Crippen molar-refractivity contribution in [2.45, 2.75) is 6.92 Å². The highest BCUT2D eigenvalue weighted by atomic mass is 19.1. The Hall–Kier alpha value is -2.30.